The lowest BCUT2D eigenvalue weighted by Gasteiger charge is -2.13. The van der Waals surface area contributed by atoms with Crippen LogP contribution < -0.4 is 0 Å². The number of hydrogen-bond acceptors (Lipinski definition) is 1. The van der Waals surface area contributed by atoms with Crippen LogP contribution in [0.2, 0.25) is 0 Å². The average Bonchev–Trinajstić information content (AvgIpc) is 2.29. The average molecular weight is 184 g/mol. The predicted molar refractivity (Wildman–Crippen MR) is 36.9 cm³/mol. The Morgan fingerprint density at radius 2 is 2.27 bits per heavy atom. The quantitative estimate of drug-likeness (QED) is 0.558. The number of carbonyl (C=O) groups is 1. The monoisotopic (exact) mass is 183 g/mol. The van der Waals surface area contributed by atoms with Gasteiger partial charge in [-0.05, 0) is 0 Å². The summed E-state index contributed by atoms with van der Waals surface area (Å²) in [6.07, 6.45) is -0.240. The fourth-order valence-corrected chi connectivity index (χ4v) is 1.20. The van der Waals surface area contributed by atoms with Crippen LogP contribution in [-0.4, -0.2) is 35.7 Å². The molecule has 2 nitrogen and oxygen atoms in total. The lowest BCUT2D eigenvalue weighted by molar-refractivity contribution is -0.128. The summed E-state index contributed by atoms with van der Waals surface area (Å²) in [5.41, 5.74) is 0. The maximum Gasteiger partial charge on any atom is 0.267 e. The van der Waals surface area contributed by atoms with Gasteiger partial charge >= 0.3 is 0 Å². The van der Waals surface area contributed by atoms with Crippen molar-refractivity contribution in [3.05, 3.63) is 0 Å². The molecule has 1 fully saturated rings. The van der Waals surface area contributed by atoms with E-state index < -0.39 is 18.4 Å². The molecule has 1 saturated heterocycles. The zero-order valence-corrected chi connectivity index (χ0v) is 6.57. The maximum absolute atomic E-state index is 12.5. The number of amides is 1. The highest BCUT2D eigenvalue weighted by Gasteiger charge is 2.39. The van der Waals surface area contributed by atoms with E-state index >= 15 is 0 Å². The molecule has 11 heavy (non-hydrogen) atoms. The zero-order valence-electron chi connectivity index (χ0n) is 5.82. The third-order valence-electron chi connectivity index (χ3n) is 1.64. The van der Waals surface area contributed by atoms with Gasteiger partial charge < -0.3 is 4.90 Å². The summed E-state index contributed by atoms with van der Waals surface area (Å²) in [5.74, 6) is -3.33. The van der Waals surface area contributed by atoms with Crippen LogP contribution in [0.15, 0.2) is 0 Å². The van der Waals surface area contributed by atoms with E-state index in [0.717, 1.165) is 4.90 Å². The van der Waals surface area contributed by atoms with Crippen LogP contribution in [0.1, 0.15) is 6.42 Å². The summed E-state index contributed by atoms with van der Waals surface area (Å²) in [6.45, 7) is -0.350. The highest BCUT2D eigenvalue weighted by Crippen LogP contribution is 2.26. The molecular formula is C6H8ClF2NO. The lowest BCUT2D eigenvalue weighted by atomic mass is 10.3. The number of halogens is 3. The first kappa shape index (κ1) is 8.71. The smallest absolute Gasteiger partial charge is 0.267 e. The second-order valence-corrected chi connectivity index (χ2v) is 2.82. The van der Waals surface area contributed by atoms with E-state index in [-0.39, 0.29) is 18.8 Å². The van der Waals surface area contributed by atoms with Crippen LogP contribution in [0.3, 0.4) is 0 Å². The molecule has 0 saturated carbocycles. The van der Waals surface area contributed by atoms with Gasteiger partial charge in [0.25, 0.3) is 5.92 Å². The Balaban J connectivity index is 2.48. The van der Waals surface area contributed by atoms with Crippen molar-refractivity contribution in [3.8, 4) is 0 Å². The van der Waals surface area contributed by atoms with Crippen molar-refractivity contribution in [2.45, 2.75) is 12.3 Å². The summed E-state index contributed by atoms with van der Waals surface area (Å²) in [7, 11) is 0. The van der Waals surface area contributed by atoms with Crippen LogP contribution in [-0.2, 0) is 4.79 Å². The van der Waals surface area contributed by atoms with Gasteiger partial charge in [-0.1, -0.05) is 0 Å². The van der Waals surface area contributed by atoms with E-state index in [0.29, 0.717) is 0 Å². The molecule has 0 aromatic heterocycles. The molecule has 0 atom stereocenters. The summed E-state index contributed by atoms with van der Waals surface area (Å²) in [5, 5.41) is 0. The normalized spacial score (nSPS) is 22.3. The van der Waals surface area contributed by atoms with E-state index in [1.807, 2.05) is 0 Å². The molecule has 0 unspecified atom stereocenters. The standard InChI is InChI=1S/C6H8ClF2NO/c7-3-5(11)10-2-1-6(8,9)4-10/h1-4H2. The predicted octanol–water partition coefficient (Wildman–Crippen LogP) is 1.09. The number of carbonyl (C=O) groups excluding carboxylic acids is 1. The van der Waals surface area contributed by atoms with E-state index in [1.54, 1.807) is 0 Å². The minimum atomic E-state index is -2.71. The molecule has 0 aliphatic carbocycles. The van der Waals surface area contributed by atoms with Crippen LogP contribution in [0.5, 0.6) is 0 Å². The first-order chi connectivity index (χ1) is 5.05. The molecule has 5 heteroatoms. The Morgan fingerprint density at radius 1 is 1.64 bits per heavy atom. The van der Waals surface area contributed by atoms with Gasteiger partial charge in [-0.25, -0.2) is 8.78 Å². The molecule has 0 spiro atoms. The van der Waals surface area contributed by atoms with Gasteiger partial charge in [0.15, 0.2) is 0 Å². The van der Waals surface area contributed by atoms with Gasteiger partial charge in [0, 0.05) is 13.0 Å². The highest BCUT2D eigenvalue weighted by molar-refractivity contribution is 6.27. The van der Waals surface area contributed by atoms with Gasteiger partial charge in [-0.2, -0.15) is 0 Å². The molecule has 1 rings (SSSR count). The van der Waals surface area contributed by atoms with Crippen LogP contribution in [0.25, 0.3) is 0 Å². The summed E-state index contributed by atoms with van der Waals surface area (Å²) >= 11 is 5.19. The topological polar surface area (TPSA) is 20.3 Å². The van der Waals surface area contributed by atoms with Crippen molar-refractivity contribution >= 4 is 17.5 Å². The van der Waals surface area contributed by atoms with Crippen LogP contribution >= 0.6 is 11.6 Å². The van der Waals surface area contributed by atoms with Crippen molar-refractivity contribution in [1.82, 2.24) is 4.90 Å². The molecule has 0 aromatic carbocycles. The third-order valence-corrected chi connectivity index (χ3v) is 1.87. The summed E-state index contributed by atoms with van der Waals surface area (Å²) < 4.78 is 24.9. The van der Waals surface area contributed by atoms with E-state index in [2.05, 4.69) is 0 Å². The fraction of sp³-hybridized carbons (Fsp3) is 0.833. The Labute approximate surface area is 68.1 Å². The zero-order chi connectivity index (χ0) is 8.48. The van der Waals surface area contributed by atoms with Crippen molar-refractivity contribution in [2.24, 2.45) is 0 Å². The van der Waals surface area contributed by atoms with E-state index in [1.165, 1.54) is 0 Å². The SMILES string of the molecule is O=C(CCl)N1CCC(F)(F)C1. The van der Waals surface area contributed by atoms with Gasteiger partial charge in [0.2, 0.25) is 5.91 Å². The van der Waals surface area contributed by atoms with Gasteiger partial charge in [-0.15, -0.1) is 11.6 Å². The molecule has 1 heterocycles. The summed E-state index contributed by atoms with van der Waals surface area (Å²) in [4.78, 5) is 11.9. The van der Waals surface area contributed by atoms with Crippen molar-refractivity contribution in [2.75, 3.05) is 19.0 Å². The molecule has 0 radical (unpaired) electrons. The van der Waals surface area contributed by atoms with E-state index in [9.17, 15) is 13.6 Å². The number of nitrogens with zero attached hydrogens (tertiary/aromatic N) is 1. The Kier molecular flexibility index (Phi) is 2.32. The van der Waals surface area contributed by atoms with Crippen molar-refractivity contribution < 1.29 is 13.6 Å². The van der Waals surface area contributed by atoms with Gasteiger partial charge in [-0.3, -0.25) is 4.79 Å². The largest absolute Gasteiger partial charge is 0.335 e. The number of rotatable bonds is 1. The highest BCUT2D eigenvalue weighted by atomic mass is 35.5. The molecule has 1 aliphatic rings. The first-order valence-corrected chi connectivity index (χ1v) is 3.80. The number of hydrogen-bond donors (Lipinski definition) is 0. The molecule has 1 amide bonds. The Bertz CT molecular complexity index is 174. The van der Waals surface area contributed by atoms with Gasteiger partial charge in [0.05, 0.1) is 6.54 Å². The molecule has 0 bridgehead atoms. The lowest BCUT2D eigenvalue weighted by Crippen LogP contribution is -2.32. The molecular weight excluding hydrogens is 176 g/mol. The Hall–Kier alpha value is -0.380. The number of likely N-dealkylation sites (tertiary alicyclic amines) is 1. The minimum absolute atomic E-state index is 0.124. The maximum atomic E-state index is 12.5. The third kappa shape index (κ3) is 2.02. The van der Waals surface area contributed by atoms with Crippen LogP contribution in [0.4, 0.5) is 8.78 Å². The number of alkyl halides is 3. The van der Waals surface area contributed by atoms with E-state index in [4.69, 9.17) is 11.6 Å². The summed E-state index contributed by atoms with van der Waals surface area (Å²) in [6, 6.07) is 0. The molecule has 0 aromatic rings. The second kappa shape index (κ2) is 2.93. The van der Waals surface area contributed by atoms with Crippen LogP contribution in [0, 0.1) is 0 Å². The molecule has 0 N–H and O–H groups in total. The van der Waals surface area contributed by atoms with Crippen molar-refractivity contribution in [1.29, 1.82) is 0 Å². The minimum Gasteiger partial charge on any atom is -0.335 e. The van der Waals surface area contributed by atoms with Gasteiger partial charge in [0.1, 0.15) is 5.88 Å². The Morgan fingerprint density at radius 3 is 2.64 bits per heavy atom. The molecule has 1 aliphatic heterocycles. The fourth-order valence-electron chi connectivity index (χ4n) is 1.03. The second-order valence-electron chi connectivity index (χ2n) is 2.55. The molecule has 64 valence electrons. The van der Waals surface area contributed by atoms with Crippen molar-refractivity contribution in [3.63, 3.8) is 0 Å². The first-order valence-electron chi connectivity index (χ1n) is 3.27.